The van der Waals surface area contributed by atoms with Crippen molar-refractivity contribution >= 4 is 6.09 Å². The van der Waals surface area contributed by atoms with E-state index in [-0.39, 0.29) is 12.1 Å². The fraction of sp³-hybridized carbons (Fsp3) is 0.533. The van der Waals surface area contributed by atoms with Gasteiger partial charge >= 0.3 is 6.09 Å². The van der Waals surface area contributed by atoms with Gasteiger partial charge in [0.05, 0.1) is 6.61 Å². The Kier molecular flexibility index (Phi) is 8.42. The molecule has 0 bridgehead atoms. The maximum atomic E-state index is 11.4. The maximum Gasteiger partial charge on any atom is 0.407 e. The summed E-state index contributed by atoms with van der Waals surface area (Å²) in [5.74, 6) is 0. The molecule has 0 saturated heterocycles. The molecule has 1 aromatic rings. The third-order valence-corrected chi connectivity index (χ3v) is 2.86. The van der Waals surface area contributed by atoms with Gasteiger partial charge in [-0.25, -0.2) is 4.79 Å². The Labute approximate surface area is 120 Å². The van der Waals surface area contributed by atoms with Gasteiger partial charge in [-0.3, -0.25) is 0 Å². The van der Waals surface area contributed by atoms with Gasteiger partial charge in [-0.15, -0.1) is 0 Å². The van der Waals surface area contributed by atoms with E-state index in [0.717, 1.165) is 24.8 Å². The van der Waals surface area contributed by atoms with E-state index in [1.807, 2.05) is 30.3 Å². The van der Waals surface area contributed by atoms with Crippen LogP contribution < -0.4 is 11.1 Å². The number of hydrogen-bond donors (Lipinski definition) is 2. The van der Waals surface area contributed by atoms with E-state index in [4.69, 9.17) is 15.2 Å². The second-order valence-corrected chi connectivity index (χ2v) is 4.70. The van der Waals surface area contributed by atoms with Crippen molar-refractivity contribution in [3.8, 4) is 0 Å². The molecule has 0 aliphatic carbocycles. The molecule has 1 rings (SSSR count). The summed E-state index contributed by atoms with van der Waals surface area (Å²) in [6, 6.07) is 9.68. The summed E-state index contributed by atoms with van der Waals surface area (Å²) in [4.78, 5) is 11.4. The number of hydrogen-bond acceptors (Lipinski definition) is 4. The summed E-state index contributed by atoms with van der Waals surface area (Å²) >= 11 is 0. The van der Waals surface area contributed by atoms with Crippen LogP contribution in [0.3, 0.4) is 0 Å². The number of unbranched alkanes of at least 4 members (excludes halogenated alkanes) is 1. The predicted octanol–water partition coefficient (Wildman–Crippen LogP) is 2.06. The minimum atomic E-state index is -0.380. The quantitative estimate of drug-likeness (QED) is 0.679. The molecule has 0 fully saturated rings. The average Bonchev–Trinajstić information content (AvgIpc) is 2.46. The van der Waals surface area contributed by atoms with Crippen molar-refractivity contribution in [2.75, 3.05) is 20.3 Å². The predicted molar refractivity (Wildman–Crippen MR) is 78.3 cm³/mol. The summed E-state index contributed by atoms with van der Waals surface area (Å²) in [5.41, 5.74) is 6.78. The van der Waals surface area contributed by atoms with Gasteiger partial charge in [-0.2, -0.15) is 0 Å². The summed E-state index contributed by atoms with van der Waals surface area (Å²) < 4.78 is 10.1. The van der Waals surface area contributed by atoms with Crippen molar-refractivity contribution in [2.24, 2.45) is 5.73 Å². The molecule has 0 aliphatic heterocycles. The van der Waals surface area contributed by atoms with E-state index in [0.29, 0.717) is 19.8 Å². The lowest BCUT2D eigenvalue weighted by Gasteiger charge is -2.10. The molecule has 1 aromatic carbocycles. The molecule has 0 radical (unpaired) electrons. The third kappa shape index (κ3) is 7.76. The summed E-state index contributed by atoms with van der Waals surface area (Å²) in [7, 11) is 1.64. The highest BCUT2D eigenvalue weighted by atomic mass is 16.5. The SMILES string of the molecule is COC[C@@H](N)CCCCNC(=O)OCc1ccccc1. The normalized spacial score (nSPS) is 11.9. The Morgan fingerprint density at radius 3 is 2.75 bits per heavy atom. The number of amides is 1. The van der Waals surface area contributed by atoms with Crippen LogP contribution in [0.2, 0.25) is 0 Å². The van der Waals surface area contributed by atoms with Gasteiger partial charge in [0.1, 0.15) is 6.61 Å². The highest BCUT2D eigenvalue weighted by Crippen LogP contribution is 2.01. The van der Waals surface area contributed by atoms with Crippen LogP contribution in [0.4, 0.5) is 4.79 Å². The lowest BCUT2D eigenvalue weighted by Crippen LogP contribution is -2.27. The summed E-state index contributed by atoms with van der Waals surface area (Å²) in [6.45, 7) is 1.48. The zero-order valence-electron chi connectivity index (χ0n) is 12.0. The molecule has 0 heterocycles. The largest absolute Gasteiger partial charge is 0.445 e. The van der Waals surface area contributed by atoms with Gasteiger partial charge in [0.25, 0.3) is 0 Å². The number of carbonyl (C=O) groups excluding carboxylic acids is 1. The zero-order chi connectivity index (χ0) is 14.6. The smallest absolute Gasteiger partial charge is 0.407 e. The molecule has 0 unspecified atom stereocenters. The monoisotopic (exact) mass is 280 g/mol. The zero-order valence-corrected chi connectivity index (χ0v) is 12.0. The highest BCUT2D eigenvalue weighted by Gasteiger charge is 2.03. The van der Waals surface area contributed by atoms with Crippen molar-refractivity contribution in [3.05, 3.63) is 35.9 Å². The first-order valence-corrected chi connectivity index (χ1v) is 6.91. The lowest BCUT2D eigenvalue weighted by atomic mass is 10.1. The number of alkyl carbamates (subject to hydrolysis) is 1. The molecule has 112 valence electrons. The molecule has 0 spiro atoms. The Morgan fingerprint density at radius 2 is 2.05 bits per heavy atom. The molecule has 5 nitrogen and oxygen atoms in total. The fourth-order valence-corrected chi connectivity index (χ4v) is 1.79. The van der Waals surface area contributed by atoms with Crippen LogP contribution in [-0.4, -0.2) is 32.4 Å². The van der Waals surface area contributed by atoms with Gasteiger partial charge in [0.15, 0.2) is 0 Å². The molecule has 0 aromatic heterocycles. The van der Waals surface area contributed by atoms with E-state index in [9.17, 15) is 4.79 Å². The first-order chi connectivity index (χ1) is 9.72. The van der Waals surface area contributed by atoms with Crippen molar-refractivity contribution in [3.63, 3.8) is 0 Å². The standard InChI is InChI=1S/C15H24N2O3/c1-19-12-14(16)9-5-6-10-17-15(18)20-11-13-7-3-2-4-8-13/h2-4,7-8,14H,5-6,9-12,16H2,1H3,(H,17,18)/t14-/m0/s1. The van der Waals surface area contributed by atoms with Crippen LogP contribution in [0.25, 0.3) is 0 Å². The van der Waals surface area contributed by atoms with E-state index in [2.05, 4.69) is 5.32 Å². The molecule has 5 heteroatoms. The van der Waals surface area contributed by atoms with Crippen LogP contribution in [0.1, 0.15) is 24.8 Å². The van der Waals surface area contributed by atoms with Crippen LogP contribution in [-0.2, 0) is 16.1 Å². The second-order valence-electron chi connectivity index (χ2n) is 4.70. The topological polar surface area (TPSA) is 73.6 Å². The number of methoxy groups -OCH3 is 1. The Hall–Kier alpha value is -1.59. The van der Waals surface area contributed by atoms with Crippen molar-refractivity contribution in [2.45, 2.75) is 31.9 Å². The molecular weight excluding hydrogens is 256 g/mol. The second kappa shape index (κ2) is 10.2. The van der Waals surface area contributed by atoms with Crippen molar-refractivity contribution < 1.29 is 14.3 Å². The van der Waals surface area contributed by atoms with Gasteiger partial charge < -0.3 is 20.5 Å². The van der Waals surface area contributed by atoms with E-state index >= 15 is 0 Å². The third-order valence-electron chi connectivity index (χ3n) is 2.86. The summed E-state index contributed by atoms with van der Waals surface area (Å²) in [6.07, 6.45) is 2.37. The number of carbonyl (C=O) groups is 1. The molecule has 20 heavy (non-hydrogen) atoms. The Bertz CT molecular complexity index is 371. The van der Waals surface area contributed by atoms with Crippen LogP contribution >= 0.6 is 0 Å². The minimum absolute atomic E-state index is 0.0741. The number of benzene rings is 1. The number of rotatable bonds is 9. The van der Waals surface area contributed by atoms with Gasteiger partial charge in [0, 0.05) is 19.7 Å². The molecule has 1 amide bonds. The maximum absolute atomic E-state index is 11.4. The first kappa shape index (κ1) is 16.5. The minimum Gasteiger partial charge on any atom is -0.445 e. The molecule has 0 aliphatic rings. The van der Waals surface area contributed by atoms with Crippen LogP contribution in [0, 0.1) is 0 Å². The molecule has 1 atom stereocenters. The van der Waals surface area contributed by atoms with Crippen LogP contribution in [0.15, 0.2) is 30.3 Å². The van der Waals surface area contributed by atoms with Gasteiger partial charge in [-0.05, 0) is 18.4 Å². The van der Waals surface area contributed by atoms with Crippen LogP contribution in [0.5, 0.6) is 0 Å². The molecule has 0 saturated carbocycles. The Balaban J connectivity index is 2.00. The van der Waals surface area contributed by atoms with E-state index < -0.39 is 0 Å². The summed E-state index contributed by atoms with van der Waals surface area (Å²) in [5, 5.41) is 2.73. The van der Waals surface area contributed by atoms with E-state index in [1.54, 1.807) is 7.11 Å². The van der Waals surface area contributed by atoms with Crippen molar-refractivity contribution in [1.29, 1.82) is 0 Å². The number of nitrogens with two attached hydrogens (primary N) is 1. The fourth-order valence-electron chi connectivity index (χ4n) is 1.79. The highest BCUT2D eigenvalue weighted by molar-refractivity contribution is 5.67. The number of nitrogens with one attached hydrogen (secondary N) is 1. The molecular formula is C15H24N2O3. The lowest BCUT2D eigenvalue weighted by molar-refractivity contribution is 0.139. The van der Waals surface area contributed by atoms with E-state index in [1.165, 1.54) is 0 Å². The van der Waals surface area contributed by atoms with Crippen molar-refractivity contribution in [1.82, 2.24) is 5.32 Å². The first-order valence-electron chi connectivity index (χ1n) is 6.91. The van der Waals surface area contributed by atoms with Gasteiger partial charge in [0.2, 0.25) is 0 Å². The average molecular weight is 280 g/mol. The Morgan fingerprint density at radius 1 is 1.30 bits per heavy atom. The molecule has 3 N–H and O–H groups in total. The van der Waals surface area contributed by atoms with Gasteiger partial charge in [-0.1, -0.05) is 36.8 Å². The number of ether oxygens (including phenoxy) is 2.